The van der Waals surface area contributed by atoms with Crippen molar-refractivity contribution in [2.24, 2.45) is 0 Å². The average molecular weight is 318 g/mol. The highest BCUT2D eigenvalue weighted by Gasteiger charge is 2.42. The molecule has 1 heterocycles. The predicted octanol–water partition coefficient (Wildman–Crippen LogP) is 2.81. The van der Waals surface area contributed by atoms with E-state index in [0.717, 1.165) is 21.0 Å². The van der Waals surface area contributed by atoms with Gasteiger partial charge in [-0.3, -0.25) is 4.79 Å². The zero-order chi connectivity index (χ0) is 15.2. The van der Waals surface area contributed by atoms with Gasteiger partial charge >= 0.3 is 0 Å². The van der Waals surface area contributed by atoms with Gasteiger partial charge in [0.05, 0.1) is 12.1 Å². The first-order valence-electron chi connectivity index (χ1n) is 6.64. The normalized spacial score (nSPS) is 15.4. The van der Waals surface area contributed by atoms with Gasteiger partial charge in [-0.05, 0) is 36.6 Å². The highest BCUT2D eigenvalue weighted by atomic mass is 32.2. The summed E-state index contributed by atoms with van der Waals surface area (Å²) in [6.07, 6.45) is 0. The lowest BCUT2D eigenvalue weighted by Gasteiger charge is -2.14. The molecule has 0 fully saturated rings. The molecule has 0 bridgehead atoms. The molecule has 3 rings (SSSR count). The lowest BCUT2D eigenvalue weighted by atomic mass is 10.0. The molecule has 0 saturated carbocycles. The number of fused-ring (bicyclic) bond motifs is 1. The van der Waals surface area contributed by atoms with Crippen LogP contribution in [0.15, 0.2) is 47.4 Å². The molecule has 22 heavy (non-hydrogen) atoms. The molecule has 6 heteroatoms. The molecule has 1 amide bonds. The Bertz CT molecular complexity index is 830. The van der Waals surface area contributed by atoms with Crippen LogP contribution in [0.1, 0.15) is 27.0 Å². The molecule has 5 nitrogen and oxygen atoms in total. The first kappa shape index (κ1) is 16.2. The van der Waals surface area contributed by atoms with Crippen LogP contribution < -0.4 is 6.15 Å². The molecule has 0 radical (unpaired) electrons. The summed E-state index contributed by atoms with van der Waals surface area (Å²) in [5.74, 6) is -0.435. The van der Waals surface area contributed by atoms with Crippen molar-refractivity contribution in [1.82, 2.24) is 10.5 Å². The van der Waals surface area contributed by atoms with Crippen LogP contribution in [0.4, 0.5) is 0 Å². The van der Waals surface area contributed by atoms with Gasteiger partial charge in [-0.1, -0.05) is 36.4 Å². The van der Waals surface area contributed by atoms with E-state index in [1.54, 1.807) is 13.0 Å². The summed E-state index contributed by atoms with van der Waals surface area (Å²) in [5.41, 5.74) is 2.75. The molecule has 0 unspecified atom stereocenters. The summed E-state index contributed by atoms with van der Waals surface area (Å²) in [5, 5.41) is 0. The number of nitrogens with zero attached hydrogens (tertiary/aromatic N) is 1. The number of carbonyl (C=O) groups excluding carboxylic acids is 1. The average Bonchev–Trinajstić information content (AvgIpc) is 2.65. The van der Waals surface area contributed by atoms with Gasteiger partial charge in [-0.15, -0.1) is 0 Å². The minimum Gasteiger partial charge on any atom is -0.344 e. The van der Waals surface area contributed by atoms with E-state index in [1.165, 1.54) is 6.07 Å². The molecule has 0 saturated heterocycles. The number of hydrogen-bond acceptors (Lipinski definition) is 4. The Balaban J connectivity index is 0.00000176. The third-order valence-electron chi connectivity index (χ3n) is 3.88. The van der Waals surface area contributed by atoms with Gasteiger partial charge in [-0.2, -0.15) is 0 Å². The number of rotatable bonds is 2. The number of amides is 1. The number of carbonyl (C=O) groups is 1. The SMILES string of the molecule is Cc1ccc2c(c1C)C(=O)N(Cc1ccccc1)S2(=O)=O.N. The van der Waals surface area contributed by atoms with Crippen LogP contribution in [0, 0.1) is 13.8 Å². The molecular formula is C16H18N2O3S. The molecule has 2 aromatic carbocycles. The Kier molecular flexibility index (Phi) is 4.08. The van der Waals surface area contributed by atoms with E-state index in [1.807, 2.05) is 37.3 Å². The summed E-state index contributed by atoms with van der Waals surface area (Å²) < 4.78 is 26.1. The first-order chi connectivity index (χ1) is 9.93. The van der Waals surface area contributed by atoms with Gasteiger partial charge in [0.25, 0.3) is 15.9 Å². The number of hydrogen-bond donors (Lipinski definition) is 1. The summed E-state index contributed by atoms with van der Waals surface area (Å²) in [6.45, 7) is 3.72. The Morgan fingerprint density at radius 2 is 1.64 bits per heavy atom. The molecule has 2 aromatic rings. The minimum atomic E-state index is -3.75. The smallest absolute Gasteiger partial charge is 0.269 e. The fourth-order valence-electron chi connectivity index (χ4n) is 2.53. The van der Waals surface area contributed by atoms with Gasteiger partial charge in [-0.25, -0.2) is 12.7 Å². The van der Waals surface area contributed by atoms with Crippen molar-refractivity contribution < 1.29 is 13.2 Å². The second-order valence-electron chi connectivity index (χ2n) is 5.18. The van der Waals surface area contributed by atoms with E-state index in [2.05, 4.69) is 0 Å². The maximum atomic E-state index is 12.6. The van der Waals surface area contributed by atoms with E-state index in [0.29, 0.717) is 5.56 Å². The standard InChI is InChI=1S/C16H15NO3S.H3N/c1-11-8-9-14-15(12(11)2)16(18)17(21(14,19)20)10-13-6-4-3-5-7-13;/h3-9H,10H2,1-2H3;1H3. The van der Waals surface area contributed by atoms with E-state index in [9.17, 15) is 13.2 Å². The van der Waals surface area contributed by atoms with Crippen molar-refractivity contribution in [3.63, 3.8) is 0 Å². The van der Waals surface area contributed by atoms with Gasteiger partial charge < -0.3 is 6.15 Å². The molecule has 116 valence electrons. The molecular weight excluding hydrogens is 300 g/mol. The first-order valence-corrected chi connectivity index (χ1v) is 8.08. The van der Waals surface area contributed by atoms with Gasteiger partial charge in [0.2, 0.25) is 0 Å². The maximum Gasteiger partial charge on any atom is 0.269 e. The Morgan fingerprint density at radius 3 is 2.27 bits per heavy atom. The van der Waals surface area contributed by atoms with Crippen LogP contribution in [0.5, 0.6) is 0 Å². The van der Waals surface area contributed by atoms with Crippen molar-refractivity contribution in [3.8, 4) is 0 Å². The van der Waals surface area contributed by atoms with Crippen LogP contribution in [-0.4, -0.2) is 18.6 Å². The quantitative estimate of drug-likeness (QED) is 0.922. The van der Waals surface area contributed by atoms with Crippen LogP contribution >= 0.6 is 0 Å². The van der Waals surface area contributed by atoms with Crippen molar-refractivity contribution in [2.75, 3.05) is 0 Å². The molecule has 0 atom stereocenters. The molecule has 1 aliphatic rings. The largest absolute Gasteiger partial charge is 0.344 e. The number of aryl methyl sites for hydroxylation is 1. The lowest BCUT2D eigenvalue weighted by Crippen LogP contribution is -2.29. The third-order valence-corrected chi connectivity index (χ3v) is 5.65. The maximum absolute atomic E-state index is 12.6. The van der Waals surface area contributed by atoms with E-state index in [4.69, 9.17) is 0 Å². The summed E-state index contributed by atoms with van der Waals surface area (Å²) in [7, 11) is -3.75. The fourth-order valence-corrected chi connectivity index (χ4v) is 4.13. The van der Waals surface area contributed by atoms with E-state index in [-0.39, 0.29) is 17.6 Å². The van der Waals surface area contributed by atoms with Crippen LogP contribution in [0.3, 0.4) is 0 Å². The topological polar surface area (TPSA) is 89.5 Å². The van der Waals surface area contributed by atoms with Crippen LogP contribution in [0.25, 0.3) is 0 Å². The fraction of sp³-hybridized carbons (Fsp3) is 0.188. The monoisotopic (exact) mass is 318 g/mol. The van der Waals surface area contributed by atoms with Crippen molar-refractivity contribution in [1.29, 1.82) is 0 Å². The predicted molar refractivity (Wildman–Crippen MR) is 84.4 cm³/mol. The van der Waals surface area contributed by atoms with Gasteiger partial charge in [0.15, 0.2) is 0 Å². The van der Waals surface area contributed by atoms with Crippen LogP contribution in [-0.2, 0) is 16.6 Å². The molecule has 3 N–H and O–H groups in total. The number of benzene rings is 2. The summed E-state index contributed by atoms with van der Waals surface area (Å²) in [4.78, 5) is 12.7. The Labute approximate surface area is 130 Å². The second kappa shape index (κ2) is 5.55. The lowest BCUT2D eigenvalue weighted by molar-refractivity contribution is 0.0864. The zero-order valence-corrected chi connectivity index (χ0v) is 13.4. The van der Waals surface area contributed by atoms with Gasteiger partial charge in [0, 0.05) is 0 Å². The highest BCUT2D eigenvalue weighted by molar-refractivity contribution is 7.90. The van der Waals surface area contributed by atoms with E-state index >= 15 is 0 Å². The third kappa shape index (κ3) is 2.30. The Hall–Kier alpha value is -2.18. The highest BCUT2D eigenvalue weighted by Crippen LogP contribution is 2.34. The summed E-state index contributed by atoms with van der Waals surface area (Å²) >= 11 is 0. The molecule has 0 aliphatic carbocycles. The van der Waals surface area contributed by atoms with E-state index < -0.39 is 15.9 Å². The zero-order valence-electron chi connectivity index (χ0n) is 12.5. The molecule has 1 aliphatic heterocycles. The van der Waals surface area contributed by atoms with Crippen molar-refractivity contribution >= 4 is 15.9 Å². The van der Waals surface area contributed by atoms with Crippen molar-refractivity contribution in [3.05, 3.63) is 64.7 Å². The number of sulfonamides is 1. The minimum absolute atomic E-state index is 0. The van der Waals surface area contributed by atoms with Crippen molar-refractivity contribution in [2.45, 2.75) is 25.3 Å². The van der Waals surface area contributed by atoms with Crippen LogP contribution in [0.2, 0.25) is 0 Å². The van der Waals surface area contributed by atoms with Gasteiger partial charge in [0.1, 0.15) is 4.90 Å². The Morgan fingerprint density at radius 1 is 1.00 bits per heavy atom. The molecule has 0 spiro atoms. The summed E-state index contributed by atoms with van der Waals surface area (Å²) in [6, 6.07) is 12.4. The molecule has 0 aromatic heterocycles. The second-order valence-corrected chi connectivity index (χ2v) is 7.01.